The van der Waals surface area contributed by atoms with Crippen molar-refractivity contribution in [1.29, 1.82) is 0 Å². The van der Waals surface area contributed by atoms with E-state index in [1.807, 2.05) is 19.2 Å². The SMILES string of the molecule is CN(Cc1cc(Cl)cc(Cl)c1)C(=O)C1CCCNC1. The van der Waals surface area contributed by atoms with Crippen molar-refractivity contribution in [1.82, 2.24) is 10.2 Å². The average molecular weight is 301 g/mol. The summed E-state index contributed by atoms with van der Waals surface area (Å²) >= 11 is 11.9. The Bertz CT molecular complexity index is 439. The van der Waals surface area contributed by atoms with Crippen molar-refractivity contribution in [3.05, 3.63) is 33.8 Å². The molecule has 1 aliphatic rings. The first-order valence-electron chi connectivity index (χ1n) is 6.47. The van der Waals surface area contributed by atoms with E-state index >= 15 is 0 Å². The van der Waals surface area contributed by atoms with Crippen LogP contribution in [0.25, 0.3) is 0 Å². The third kappa shape index (κ3) is 4.10. The van der Waals surface area contributed by atoms with Crippen LogP contribution in [0.2, 0.25) is 10.0 Å². The Morgan fingerprint density at radius 1 is 1.37 bits per heavy atom. The number of hydrogen-bond acceptors (Lipinski definition) is 2. The molecule has 0 spiro atoms. The molecule has 0 aliphatic carbocycles. The van der Waals surface area contributed by atoms with Crippen molar-refractivity contribution < 1.29 is 4.79 Å². The van der Waals surface area contributed by atoms with Crippen LogP contribution in [0.5, 0.6) is 0 Å². The van der Waals surface area contributed by atoms with E-state index in [2.05, 4.69) is 5.32 Å². The second kappa shape index (κ2) is 6.60. The van der Waals surface area contributed by atoms with Crippen molar-refractivity contribution in [3.63, 3.8) is 0 Å². The van der Waals surface area contributed by atoms with Crippen molar-refractivity contribution in [3.8, 4) is 0 Å². The van der Waals surface area contributed by atoms with Crippen LogP contribution in [0.3, 0.4) is 0 Å². The molecule has 1 saturated heterocycles. The van der Waals surface area contributed by atoms with Gasteiger partial charge in [-0.1, -0.05) is 23.2 Å². The number of carbonyl (C=O) groups excluding carboxylic acids is 1. The number of carbonyl (C=O) groups is 1. The summed E-state index contributed by atoms with van der Waals surface area (Å²) in [4.78, 5) is 14.0. The first-order chi connectivity index (χ1) is 9.06. The van der Waals surface area contributed by atoms with Crippen LogP contribution >= 0.6 is 23.2 Å². The van der Waals surface area contributed by atoms with Crippen LogP contribution in [0.15, 0.2) is 18.2 Å². The molecule has 1 heterocycles. The highest BCUT2D eigenvalue weighted by atomic mass is 35.5. The van der Waals surface area contributed by atoms with Gasteiger partial charge in [0.15, 0.2) is 0 Å². The summed E-state index contributed by atoms with van der Waals surface area (Å²) in [6.45, 7) is 2.33. The van der Waals surface area contributed by atoms with Crippen molar-refractivity contribution in [2.75, 3.05) is 20.1 Å². The average Bonchev–Trinajstić information content (AvgIpc) is 2.37. The molecule has 0 radical (unpaired) electrons. The lowest BCUT2D eigenvalue weighted by Crippen LogP contribution is -2.41. The number of benzene rings is 1. The van der Waals surface area contributed by atoms with Crippen LogP contribution in [-0.4, -0.2) is 30.9 Å². The summed E-state index contributed by atoms with van der Waals surface area (Å²) in [7, 11) is 1.83. The second-order valence-electron chi connectivity index (χ2n) is 5.02. The minimum Gasteiger partial charge on any atom is -0.341 e. The predicted molar refractivity (Wildman–Crippen MR) is 78.5 cm³/mol. The summed E-state index contributed by atoms with van der Waals surface area (Å²) in [5, 5.41) is 4.46. The minimum atomic E-state index is 0.0911. The Morgan fingerprint density at radius 3 is 2.63 bits per heavy atom. The van der Waals surface area contributed by atoms with Crippen LogP contribution in [0.4, 0.5) is 0 Å². The molecule has 1 aliphatic heterocycles. The number of nitrogens with one attached hydrogen (secondary N) is 1. The summed E-state index contributed by atoms with van der Waals surface area (Å²) in [6.07, 6.45) is 2.03. The number of nitrogens with zero attached hydrogens (tertiary/aromatic N) is 1. The zero-order valence-corrected chi connectivity index (χ0v) is 12.5. The molecule has 1 atom stereocenters. The van der Waals surface area contributed by atoms with E-state index < -0.39 is 0 Å². The van der Waals surface area contributed by atoms with Crippen LogP contribution in [-0.2, 0) is 11.3 Å². The fourth-order valence-corrected chi connectivity index (χ4v) is 3.00. The highest BCUT2D eigenvalue weighted by Crippen LogP contribution is 2.21. The molecule has 0 saturated carbocycles. The van der Waals surface area contributed by atoms with E-state index in [0.717, 1.165) is 31.5 Å². The van der Waals surface area contributed by atoms with Gasteiger partial charge in [-0.2, -0.15) is 0 Å². The van der Waals surface area contributed by atoms with Gasteiger partial charge in [-0.05, 0) is 43.1 Å². The third-order valence-corrected chi connectivity index (χ3v) is 3.80. The standard InChI is InChI=1S/C14H18Cl2N2O/c1-18(14(19)11-3-2-4-17-8-11)9-10-5-12(15)7-13(16)6-10/h5-7,11,17H,2-4,8-9H2,1H3. The van der Waals surface area contributed by atoms with Gasteiger partial charge in [-0.3, -0.25) is 4.79 Å². The zero-order chi connectivity index (χ0) is 13.8. The van der Waals surface area contributed by atoms with Crippen LogP contribution in [0, 0.1) is 5.92 Å². The summed E-state index contributed by atoms with van der Waals surface area (Å²) < 4.78 is 0. The molecule has 1 amide bonds. The monoisotopic (exact) mass is 300 g/mol. The predicted octanol–water partition coefficient (Wildman–Crippen LogP) is 2.95. The first-order valence-corrected chi connectivity index (χ1v) is 7.22. The molecule has 0 bridgehead atoms. The van der Waals surface area contributed by atoms with Gasteiger partial charge >= 0.3 is 0 Å². The van der Waals surface area contributed by atoms with Gasteiger partial charge in [-0.15, -0.1) is 0 Å². The van der Waals surface area contributed by atoms with Gasteiger partial charge in [0.05, 0.1) is 5.92 Å². The molecule has 5 heteroatoms. The number of piperidine rings is 1. The van der Waals surface area contributed by atoms with Crippen LogP contribution in [0.1, 0.15) is 18.4 Å². The Labute approximate surface area is 123 Å². The van der Waals surface area contributed by atoms with Gasteiger partial charge in [0.25, 0.3) is 0 Å². The number of halogens is 2. The lowest BCUT2D eigenvalue weighted by molar-refractivity contribution is -0.135. The molecule has 0 aromatic heterocycles. The van der Waals surface area contributed by atoms with Crippen molar-refractivity contribution in [2.24, 2.45) is 5.92 Å². The maximum absolute atomic E-state index is 12.3. The van der Waals surface area contributed by atoms with Crippen molar-refractivity contribution in [2.45, 2.75) is 19.4 Å². The van der Waals surface area contributed by atoms with Crippen molar-refractivity contribution >= 4 is 29.1 Å². The highest BCUT2D eigenvalue weighted by Gasteiger charge is 2.23. The third-order valence-electron chi connectivity index (χ3n) is 3.36. The quantitative estimate of drug-likeness (QED) is 0.931. The van der Waals surface area contributed by atoms with E-state index in [0.29, 0.717) is 16.6 Å². The summed E-state index contributed by atoms with van der Waals surface area (Å²) in [5.74, 6) is 0.275. The maximum Gasteiger partial charge on any atom is 0.227 e. The minimum absolute atomic E-state index is 0.0911. The number of amides is 1. The largest absolute Gasteiger partial charge is 0.341 e. The molecular formula is C14H18Cl2N2O. The van der Waals surface area contributed by atoms with Gasteiger partial charge < -0.3 is 10.2 Å². The molecule has 1 aromatic rings. The van der Waals surface area contributed by atoms with Gasteiger partial charge in [0.2, 0.25) is 5.91 Å². The Kier molecular flexibility index (Phi) is 5.08. The lowest BCUT2D eigenvalue weighted by atomic mass is 9.98. The zero-order valence-electron chi connectivity index (χ0n) is 11.0. The Hall–Kier alpha value is -0.770. The molecule has 19 heavy (non-hydrogen) atoms. The number of rotatable bonds is 3. The second-order valence-corrected chi connectivity index (χ2v) is 5.89. The molecule has 1 unspecified atom stereocenters. The van der Waals surface area contributed by atoms with E-state index in [1.54, 1.807) is 11.0 Å². The van der Waals surface area contributed by atoms with E-state index in [4.69, 9.17) is 23.2 Å². The molecule has 2 rings (SSSR count). The smallest absolute Gasteiger partial charge is 0.227 e. The van der Waals surface area contributed by atoms with Gasteiger partial charge in [0.1, 0.15) is 0 Å². The van der Waals surface area contributed by atoms with Crippen LogP contribution < -0.4 is 5.32 Å². The molecule has 1 fully saturated rings. The van der Waals surface area contributed by atoms with E-state index in [-0.39, 0.29) is 11.8 Å². The highest BCUT2D eigenvalue weighted by molar-refractivity contribution is 6.34. The fourth-order valence-electron chi connectivity index (χ4n) is 2.43. The first kappa shape index (κ1) is 14.6. The van der Waals surface area contributed by atoms with Gasteiger partial charge in [0, 0.05) is 30.2 Å². The van der Waals surface area contributed by atoms with Gasteiger partial charge in [-0.25, -0.2) is 0 Å². The lowest BCUT2D eigenvalue weighted by Gasteiger charge is -2.27. The molecular weight excluding hydrogens is 283 g/mol. The molecule has 3 nitrogen and oxygen atoms in total. The van der Waals surface area contributed by atoms with E-state index in [9.17, 15) is 4.79 Å². The van der Waals surface area contributed by atoms with E-state index in [1.165, 1.54) is 0 Å². The summed E-state index contributed by atoms with van der Waals surface area (Å²) in [5.41, 5.74) is 0.956. The Balaban J connectivity index is 1.99. The normalized spacial score (nSPS) is 19.2. The molecule has 104 valence electrons. The molecule has 1 N–H and O–H groups in total. The Morgan fingerprint density at radius 2 is 2.05 bits per heavy atom. The molecule has 1 aromatic carbocycles. The fraction of sp³-hybridized carbons (Fsp3) is 0.500. The number of hydrogen-bond donors (Lipinski definition) is 1. The summed E-state index contributed by atoms with van der Waals surface area (Å²) in [6, 6.07) is 5.38. The maximum atomic E-state index is 12.3. The topological polar surface area (TPSA) is 32.3 Å².